The van der Waals surface area contributed by atoms with Crippen molar-refractivity contribution in [2.45, 2.75) is 17.1 Å². The number of benzene rings is 4. The highest BCUT2D eigenvalue weighted by molar-refractivity contribution is 9.10. The van der Waals surface area contributed by atoms with Crippen LogP contribution in [-0.4, -0.2) is 30.1 Å². The van der Waals surface area contributed by atoms with Gasteiger partial charge in [0, 0.05) is 26.3 Å². The van der Waals surface area contributed by atoms with Crippen molar-refractivity contribution in [3.05, 3.63) is 123 Å². The Morgan fingerprint density at radius 3 is 2.19 bits per heavy atom. The quantitative estimate of drug-likeness (QED) is 0.120. The van der Waals surface area contributed by atoms with Crippen molar-refractivity contribution in [2.75, 3.05) is 17.7 Å². The van der Waals surface area contributed by atoms with Gasteiger partial charge in [0.2, 0.25) is 5.91 Å². The Bertz CT molecular complexity index is 1600. The third kappa shape index (κ3) is 8.72. The smallest absolute Gasteiger partial charge is 0.272 e. The minimum Gasteiger partial charge on any atom is -0.495 e. The summed E-state index contributed by atoms with van der Waals surface area (Å²) in [4.78, 5) is 39.7. The first-order valence-electron chi connectivity index (χ1n) is 12.8. The van der Waals surface area contributed by atoms with Crippen molar-refractivity contribution >= 4 is 74.5 Å². The van der Waals surface area contributed by atoms with Crippen LogP contribution >= 0.6 is 39.3 Å². The molecule has 0 heterocycles. The van der Waals surface area contributed by atoms with Gasteiger partial charge >= 0.3 is 0 Å². The van der Waals surface area contributed by atoms with Gasteiger partial charge in [0.1, 0.15) is 11.4 Å². The van der Waals surface area contributed by atoms with Crippen LogP contribution in [0.25, 0.3) is 6.08 Å². The number of ether oxygens (including phenoxy) is 1. The summed E-state index contributed by atoms with van der Waals surface area (Å²) in [6, 6.07) is 28.2. The Labute approximate surface area is 261 Å². The number of halogens is 2. The van der Waals surface area contributed by atoms with Crippen LogP contribution in [0.1, 0.15) is 22.8 Å². The van der Waals surface area contributed by atoms with Gasteiger partial charge in [-0.3, -0.25) is 14.4 Å². The van der Waals surface area contributed by atoms with E-state index in [1.54, 1.807) is 67.6 Å². The Hall–Kier alpha value is -4.05. The molecule has 3 N–H and O–H groups in total. The zero-order chi connectivity index (χ0) is 30.1. The molecule has 42 heavy (non-hydrogen) atoms. The molecule has 0 fully saturated rings. The van der Waals surface area contributed by atoms with E-state index in [9.17, 15) is 14.4 Å². The zero-order valence-electron chi connectivity index (χ0n) is 22.7. The van der Waals surface area contributed by atoms with Gasteiger partial charge in [0.15, 0.2) is 0 Å². The first-order valence-corrected chi connectivity index (χ1v) is 14.8. The molecular weight excluding hydrogens is 638 g/mol. The van der Waals surface area contributed by atoms with E-state index in [1.165, 1.54) is 18.9 Å². The van der Waals surface area contributed by atoms with Crippen molar-refractivity contribution in [3.8, 4) is 5.75 Å². The fraction of sp³-hybridized carbons (Fsp3) is 0.0938. The van der Waals surface area contributed by atoms with E-state index in [1.807, 2.05) is 42.5 Å². The van der Waals surface area contributed by atoms with Crippen molar-refractivity contribution in [1.29, 1.82) is 0 Å². The molecule has 7 nitrogen and oxygen atoms in total. The SMILES string of the molecule is COc1ccc(NC(=O)C(C)Sc2ccc(NC(=O)/C(=C/c3ccc(Br)cc3)NC(=O)c3ccccc3)cc2)cc1Cl. The predicted octanol–water partition coefficient (Wildman–Crippen LogP) is 7.64. The van der Waals surface area contributed by atoms with Crippen LogP contribution in [-0.2, 0) is 9.59 Å². The summed E-state index contributed by atoms with van der Waals surface area (Å²) in [7, 11) is 1.53. The normalized spacial score (nSPS) is 11.8. The van der Waals surface area contributed by atoms with E-state index < -0.39 is 17.1 Å². The summed E-state index contributed by atoms with van der Waals surface area (Å²) >= 11 is 10.9. The second-order valence-electron chi connectivity index (χ2n) is 9.01. The third-order valence-corrected chi connectivity index (χ3v) is 7.86. The third-order valence-electron chi connectivity index (χ3n) is 5.92. The van der Waals surface area contributed by atoms with Gasteiger partial charge in [0.25, 0.3) is 11.8 Å². The van der Waals surface area contributed by atoms with Crippen LogP contribution in [0, 0.1) is 0 Å². The highest BCUT2D eigenvalue weighted by Crippen LogP contribution is 2.29. The number of nitrogens with one attached hydrogen (secondary N) is 3. The van der Waals surface area contributed by atoms with Crippen LogP contribution in [0.2, 0.25) is 5.02 Å². The Kier molecular flexibility index (Phi) is 10.8. The summed E-state index contributed by atoms with van der Waals surface area (Å²) < 4.78 is 6.04. The molecule has 0 aromatic heterocycles. The van der Waals surface area contributed by atoms with Gasteiger partial charge < -0.3 is 20.7 Å². The molecule has 0 aliphatic heterocycles. The maximum atomic E-state index is 13.3. The largest absolute Gasteiger partial charge is 0.495 e. The minimum atomic E-state index is -0.478. The highest BCUT2D eigenvalue weighted by atomic mass is 79.9. The molecule has 1 unspecified atom stereocenters. The lowest BCUT2D eigenvalue weighted by Gasteiger charge is -2.14. The standard InChI is InChI=1S/C32H27BrClN3O4S/c1-20(30(38)36-25-14-17-29(41-2)27(34)19-25)42-26-15-12-24(13-16-26)35-32(40)28(18-21-8-10-23(33)11-9-21)37-31(39)22-6-4-3-5-7-22/h3-20H,1-2H3,(H,35,40)(H,36,38)(H,37,39)/b28-18-. The summed E-state index contributed by atoms with van der Waals surface area (Å²) in [5.41, 5.74) is 2.37. The number of thioether (sulfide) groups is 1. The number of hydrogen-bond donors (Lipinski definition) is 3. The second kappa shape index (κ2) is 14.7. The lowest BCUT2D eigenvalue weighted by Crippen LogP contribution is -2.30. The number of amides is 3. The van der Waals surface area contributed by atoms with Gasteiger partial charge in [-0.1, -0.05) is 57.9 Å². The van der Waals surface area contributed by atoms with Gasteiger partial charge in [-0.15, -0.1) is 11.8 Å². The van der Waals surface area contributed by atoms with Crippen LogP contribution in [0.15, 0.2) is 112 Å². The topological polar surface area (TPSA) is 96.5 Å². The molecule has 214 valence electrons. The van der Waals surface area contributed by atoms with Crippen molar-refractivity contribution in [2.24, 2.45) is 0 Å². The molecule has 0 spiro atoms. The van der Waals surface area contributed by atoms with Crippen molar-refractivity contribution in [1.82, 2.24) is 5.32 Å². The van der Waals surface area contributed by atoms with Crippen molar-refractivity contribution in [3.63, 3.8) is 0 Å². The Morgan fingerprint density at radius 1 is 0.881 bits per heavy atom. The van der Waals surface area contributed by atoms with Gasteiger partial charge in [-0.2, -0.15) is 0 Å². The monoisotopic (exact) mass is 663 g/mol. The lowest BCUT2D eigenvalue weighted by molar-refractivity contribution is -0.115. The molecule has 4 aromatic rings. The summed E-state index contributed by atoms with van der Waals surface area (Å²) in [5, 5.41) is 8.43. The first-order chi connectivity index (χ1) is 20.2. The molecule has 4 rings (SSSR count). The van der Waals surface area contributed by atoms with Gasteiger partial charge in [0.05, 0.1) is 17.4 Å². The highest BCUT2D eigenvalue weighted by Gasteiger charge is 2.17. The average molecular weight is 665 g/mol. The van der Waals surface area contributed by atoms with E-state index in [0.29, 0.717) is 27.7 Å². The van der Waals surface area contributed by atoms with E-state index in [-0.39, 0.29) is 11.6 Å². The fourth-order valence-electron chi connectivity index (χ4n) is 3.73. The molecule has 4 aromatic carbocycles. The molecule has 0 aliphatic carbocycles. The lowest BCUT2D eigenvalue weighted by atomic mass is 10.1. The Morgan fingerprint density at radius 2 is 1.55 bits per heavy atom. The zero-order valence-corrected chi connectivity index (χ0v) is 25.8. The Balaban J connectivity index is 1.41. The molecule has 0 radical (unpaired) electrons. The number of methoxy groups -OCH3 is 1. The average Bonchev–Trinajstić information content (AvgIpc) is 2.99. The maximum absolute atomic E-state index is 13.3. The van der Waals surface area contributed by atoms with E-state index in [4.69, 9.17) is 16.3 Å². The van der Waals surface area contributed by atoms with Crippen LogP contribution in [0.5, 0.6) is 5.75 Å². The van der Waals surface area contributed by atoms with Crippen LogP contribution in [0.4, 0.5) is 11.4 Å². The number of hydrogen-bond acceptors (Lipinski definition) is 5. The number of rotatable bonds is 10. The van der Waals surface area contributed by atoms with Gasteiger partial charge in [-0.25, -0.2) is 0 Å². The molecule has 1 atom stereocenters. The van der Waals surface area contributed by atoms with E-state index in [2.05, 4.69) is 31.9 Å². The molecule has 0 bridgehead atoms. The maximum Gasteiger partial charge on any atom is 0.272 e. The summed E-state index contributed by atoms with van der Waals surface area (Å²) in [6.07, 6.45) is 1.61. The molecule has 0 saturated heterocycles. The van der Waals surface area contributed by atoms with Crippen LogP contribution in [0.3, 0.4) is 0 Å². The van der Waals surface area contributed by atoms with Gasteiger partial charge in [-0.05, 0) is 85.3 Å². The first kappa shape index (κ1) is 30.9. The predicted molar refractivity (Wildman–Crippen MR) is 173 cm³/mol. The number of carbonyl (C=O) groups is 3. The minimum absolute atomic E-state index is 0.0913. The van der Waals surface area contributed by atoms with E-state index >= 15 is 0 Å². The molecular formula is C32H27BrClN3O4S. The van der Waals surface area contributed by atoms with Crippen molar-refractivity contribution < 1.29 is 19.1 Å². The molecule has 0 saturated carbocycles. The summed E-state index contributed by atoms with van der Waals surface area (Å²) in [5.74, 6) is -0.534. The van der Waals surface area contributed by atoms with Crippen LogP contribution < -0.4 is 20.7 Å². The number of anilines is 2. The molecule has 10 heteroatoms. The molecule has 3 amide bonds. The summed E-state index contributed by atoms with van der Waals surface area (Å²) in [6.45, 7) is 1.80. The molecule has 0 aliphatic rings. The number of carbonyl (C=O) groups excluding carboxylic acids is 3. The van der Waals surface area contributed by atoms with E-state index in [0.717, 1.165) is 14.9 Å². The second-order valence-corrected chi connectivity index (χ2v) is 11.7. The fourth-order valence-corrected chi connectivity index (χ4v) is 5.12.